The highest BCUT2D eigenvalue weighted by Crippen LogP contribution is 2.36. The number of anilines is 1. The maximum Gasteiger partial charge on any atom is 0.273 e. The SMILES string of the molecule is Cc1nnsc1C(=O)N(CC1CCCO1)c1nc2c(C)ccc(Cl)c2s1. The summed E-state index contributed by atoms with van der Waals surface area (Å²) in [7, 11) is 0. The number of thiazole rings is 1. The number of hydrogen-bond donors (Lipinski definition) is 0. The van der Waals surface area contributed by atoms with Crippen LogP contribution in [-0.4, -0.2) is 39.7 Å². The van der Waals surface area contributed by atoms with Gasteiger partial charge in [0.2, 0.25) is 0 Å². The lowest BCUT2D eigenvalue weighted by molar-refractivity contribution is 0.0920. The van der Waals surface area contributed by atoms with Crippen molar-refractivity contribution in [3.63, 3.8) is 0 Å². The van der Waals surface area contributed by atoms with Gasteiger partial charge in [-0.25, -0.2) is 4.98 Å². The molecule has 9 heteroatoms. The molecule has 3 heterocycles. The Labute approximate surface area is 163 Å². The van der Waals surface area contributed by atoms with Crippen molar-refractivity contribution < 1.29 is 9.53 Å². The minimum Gasteiger partial charge on any atom is -0.376 e. The number of carbonyl (C=O) groups is 1. The number of benzene rings is 1. The van der Waals surface area contributed by atoms with Gasteiger partial charge in [-0.1, -0.05) is 33.5 Å². The molecule has 1 saturated heterocycles. The summed E-state index contributed by atoms with van der Waals surface area (Å²) in [5.74, 6) is -0.138. The molecule has 1 aliphatic heterocycles. The standard InChI is InChI=1S/C17H17ClN4O2S2/c1-9-5-6-12(18)15-13(9)19-17(25-15)22(8-11-4-3-7-24-11)16(23)14-10(2)20-21-26-14/h5-6,11H,3-4,7-8H2,1-2H3. The van der Waals surface area contributed by atoms with Crippen molar-refractivity contribution in [2.75, 3.05) is 18.1 Å². The molecule has 1 amide bonds. The molecule has 3 aromatic rings. The average Bonchev–Trinajstić information content (AvgIpc) is 3.36. The molecule has 0 bridgehead atoms. The van der Waals surface area contributed by atoms with E-state index in [-0.39, 0.29) is 12.0 Å². The van der Waals surface area contributed by atoms with Crippen molar-refractivity contribution in [3.8, 4) is 0 Å². The maximum atomic E-state index is 13.2. The van der Waals surface area contributed by atoms with E-state index >= 15 is 0 Å². The normalized spacial score (nSPS) is 17.1. The molecule has 6 nitrogen and oxygen atoms in total. The fourth-order valence-corrected chi connectivity index (χ4v) is 4.93. The van der Waals surface area contributed by atoms with Gasteiger partial charge in [-0.05, 0) is 49.9 Å². The Kier molecular flexibility index (Phi) is 4.92. The molecule has 1 aliphatic rings. The first-order chi connectivity index (χ1) is 12.5. The smallest absolute Gasteiger partial charge is 0.273 e. The second kappa shape index (κ2) is 7.19. The number of nitrogens with zero attached hydrogens (tertiary/aromatic N) is 4. The molecule has 0 aliphatic carbocycles. The van der Waals surface area contributed by atoms with Crippen LogP contribution in [0.4, 0.5) is 5.13 Å². The van der Waals surface area contributed by atoms with Crippen molar-refractivity contribution in [2.45, 2.75) is 32.8 Å². The van der Waals surface area contributed by atoms with E-state index in [0.717, 1.165) is 46.8 Å². The molecule has 136 valence electrons. The zero-order chi connectivity index (χ0) is 18.3. The van der Waals surface area contributed by atoms with Crippen LogP contribution in [0.1, 0.15) is 33.8 Å². The summed E-state index contributed by atoms with van der Waals surface area (Å²) in [5, 5.41) is 5.25. The van der Waals surface area contributed by atoms with Crippen LogP contribution in [0.5, 0.6) is 0 Å². The molecule has 1 atom stereocenters. The van der Waals surface area contributed by atoms with Crippen LogP contribution in [0.2, 0.25) is 5.02 Å². The third-order valence-corrected chi connectivity index (χ3v) is 6.77. The number of fused-ring (bicyclic) bond motifs is 1. The minimum absolute atomic E-state index is 0.0173. The van der Waals surface area contributed by atoms with Crippen molar-refractivity contribution in [1.82, 2.24) is 14.6 Å². The van der Waals surface area contributed by atoms with Crippen molar-refractivity contribution in [1.29, 1.82) is 0 Å². The summed E-state index contributed by atoms with van der Waals surface area (Å²) < 4.78 is 10.5. The van der Waals surface area contributed by atoms with Gasteiger partial charge in [0.1, 0.15) is 4.88 Å². The third-order valence-electron chi connectivity index (χ3n) is 4.42. The summed E-state index contributed by atoms with van der Waals surface area (Å²) in [6, 6.07) is 3.81. The molecule has 2 aromatic heterocycles. The van der Waals surface area contributed by atoms with Gasteiger partial charge in [-0.3, -0.25) is 9.69 Å². The lowest BCUT2D eigenvalue weighted by Gasteiger charge is -2.22. The Bertz CT molecular complexity index is 926. The van der Waals surface area contributed by atoms with Gasteiger partial charge in [0.25, 0.3) is 5.91 Å². The zero-order valence-corrected chi connectivity index (χ0v) is 16.7. The van der Waals surface area contributed by atoms with Gasteiger partial charge in [0, 0.05) is 6.61 Å². The largest absolute Gasteiger partial charge is 0.376 e. The average molecular weight is 409 g/mol. The van der Waals surface area contributed by atoms with Gasteiger partial charge in [0.05, 0.1) is 33.6 Å². The highest BCUT2D eigenvalue weighted by Gasteiger charge is 2.29. The van der Waals surface area contributed by atoms with Crippen molar-refractivity contribution >= 4 is 55.7 Å². The summed E-state index contributed by atoms with van der Waals surface area (Å²) >= 11 is 8.89. The Hall–Kier alpha value is -1.61. The summed E-state index contributed by atoms with van der Waals surface area (Å²) in [5.41, 5.74) is 2.50. The van der Waals surface area contributed by atoms with Gasteiger partial charge < -0.3 is 4.74 Å². The molecule has 0 saturated carbocycles. The molecule has 26 heavy (non-hydrogen) atoms. The lowest BCUT2D eigenvalue weighted by Crippen LogP contribution is -2.37. The Morgan fingerprint density at radius 2 is 2.27 bits per heavy atom. The van der Waals surface area contributed by atoms with E-state index in [1.54, 1.807) is 11.8 Å². The number of ether oxygens (including phenoxy) is 1. The first-order valence-corrected chi connectivity index (χ1v) is 10.3. The highest BCUT2D eigenvalue weighted by atomic mass is 35.5. The predicted octanol–water partition coefficient (Wildman–Crippen LogP) is 4.24. The first kappa shape index (κ1) is 17.8. The van der Waals surface area contributed by atoms with Crippen LogP contribution in [0, 0.1) is 13.8 Å². The second-order valence-corrected chi connectivity index (χ2v) is 8.42. The summed E-state index contributed by atoms with van der Waals surface area (Å²) in [4.78, 5) is 20.1. The van der Waals surface area contributed by atoms with Gasteiger partial charge >= 0.3 is 0 Å². The first-order valence-electron chi connectivity index (χ1n) is 8.32. The van der Waals surface area contributed by atoms with E-state index in [1.807, 2.05) is 19.1 Å². The van der Waals surface area contributed by atoms with E-state index < -0.39 is 0 Å². The predicted molar refractivity (Wildman–Crippen MR) is 105 cm³/mol. The molecule has 4 rings (SSSR count). The van der Waals surface area contributed by atoms with Gasteiger partial charge in [-0.15, -0.1) is 5.10 Å². The molecule has 1 fully saturated rings. The number of hydrogen-bond acceptors (Lipinski definition) is 7. The topological polar surface area (TPSA) is 68.2 Å². The third kappa shape index (κ3) is 3.22. The van der Waals surface area contributed by atoms with E-state index in [4.69, 9.17) is 21.3 Å². The molecule has 1 unspecified atom stereocenters. The molecule has 0 spiro atoms. The maximum absolute atomic E-state index is 13.2. The highest BCUT2D eigenvalue weighted by molar-refractivity contribution is 7.23. The fraction of sp³-hybridized carbons (Fsp3) is 0.412. The number of halogens is 1. The van der Waals surface area contributed by atoms with Crippen LogP contribution in [0.3, 0.4) is 0 Å². The number of aromatic nitrogens is 3. The molecular formula is C17H17ClN4O2S2. The van der Waals surface area contributed by atoms with Crippen LogP contribution in [-0.2, 0) is 4.74 Å². The quantitative estimate of drug-likeness (QED) is 0.645. The zero-order valence-electron chi connectivity index (χ0n) is 14.4. The Morgan fingerprint density at radius 3 is 2.92 bits per heavy atom. The second-order valence-electron chi connectivity index (χ2n) is 6.28. The number of aryl methyl sites for hydroxylation is 2. The van der Waals surface area contributed by atoms with Crippen molar-refractivity contribution in [2.24, 2.45) is 0 Å². The molecular weight excluding hydrogens is 392 g/mol. The number of rotatable bonds is 4. The number of carbonyl (C=O) groups excluding carboxylic acids is 1. The Morgan fingerprint density at radius 1 is 1.42 bits per heavy atom. The monoisotopic (exact) mass is 408 g/mol. The summed E-state index contributed by atoms with van der Waals surface area (Å²) in [6.45, 7) is 4.98. The summed E-state index contributed by atoms with van der Waals surface area (Å²) in [6.07, 6.45) is 1.97. The number of amides is 1. The lowest BCUT2D eigenvalue weighted by atomic mass is 10.2. The van der Waals surface area contributed by atoms with E-state index in [1.165, 1.54) is 11.3 Å². The van der Waals surface area contributed by atoms with Crippen LogP contribution >= 0.6 is 34.5 Å². The minimum atomic E-state index is -0.138. The Balaban J connectivity index is 1.77. The van der Waals surface area contributed by atoms with E-state index in [9.17, 15) is 4.79 Å². The molecule has 0 radical (unpaired) electrons. The van der Waals surface area contributed by atoms with E-state index in [0.29, 0.717) is 27.3 Å². The van der Waals surface area contributed by atoms with Crippen LogP contribution in [0.15, 0.2) is 12.1 Å². The van der Waals surface area contributed by atoms with Crippen molar-refractivity contribution in [3.05, 3.63) is 33.3 Å². The fourth-order valence-electron chi connectivity index (χ4n) is 3.00. The van der Waals surface area contributed by atoms with E-state index in [2.05, 4.69) is 9.59 Å². The molecule has 1 aromatic carbocycles. The van der Waals surface area contributed by atoms with Gasteiger partial charge in [0.15, 0.2) is 5.13 Å². The molecule has 0 N–H and O–H groups in total. The van der Waals surface area contributed by atoms with Crippen LogP contribution < -0.4 is 4.90 Å². The van der Waals surface area contributed by atoms with Crippen LogP contribution in [0.25, 0.3) is 10.2 Å². The van der Waals surface area contributed by atoms with Gasteiger partial charge in [-0.2, -0.15) is 0 Å².